The number of carbonyl (C=O) groups is 1. The van der Waals surface area contributed by atoms with Gasteiger partial charge in [0.25, 0.3) is 0 Å². The first kappa shape index (κ1) is 14.4. The maximum absolute atomic E-state index is 13.2. The largest absolute Gasteiger partial charge is 0.468 e. The van der Waals surface area contributed by atoms with Crippen LogP contribution in [0.1, 0.15) is 11.1 Å². The number of nitrogens with two attached hydrogens (primary N) is 1. The van der Waals surface area contributed by atoms with E-state index in [2.05, 4.69) is 4.74 Å². The minimum Gasteiger partial charge on any atom is -0.468 e. The van der Waals surface area contributed by atoms with Gasteiger partial charge < -0.3 is 10.5 Å². The molecule has 0 unspecified atom stereocenters. The first-order chi connectivity index (χ1) is 8.25. The molecule has 0 saturated heterocycles. The van der Waals surface area contributed by atoms with Gasteiger partial charge in [0, 0.05) is 0 Å². The first-order valence-electron chi connectivity index (χ1n) is 4.94. The SMILES string of the molecule is COC(=O)[C@H](N)Cc1ccc(C(F)(F)F)c(F)c1. The van der Waals surface area contributed by atoms with Crippen LogP contribution in [0.4, 0.5) is 17.6 Å². The number of rotatable bonds is 3. The number of ether oxygens (including phenoxy) is 1. The zero-order chi connectivity index (χ0) is 13.9. The third kappa shape index (κ3) is 3.43. The lowest BCUT2D eigenvalue weighted by atomic mass is 10.0. The summed E-state index contributed by atoms with van der Waals surface area (Å²) in [5.41, 5.74) is 4.26. The Kier molecular flexibility index (Phi) is 4.28. The van der Waals surface area contributed by atoms with Crippen LogP contribution >= 0.6 is 0 Å². The van der Waals surface area contributed by atoms with Crippen molar-refractivity contribution in [3.63, 3.8) is 0 Å². The fraction of sp³-hybridized carbons (Fsp3) is 0.364. The Balaban J connectivity index is 2.89. The van der Waals surface area contributed by atoms with E-state index in [4.69, 9.17) is 5.73 Å². The van der Waals surface area contributed by atoms with Crippen molar-refractivity contribution in [1.82, 2.24) is 0 Å². The van der Waals surface area contributed by atoms with Crippen LogP contribution in [0.2, 0.25) is 0 Å². The molecule has 1 aromatic rings. The first-order valence-corrected chi connectivity index (χ1v) is 4.94. The highest BCUT2D eigenvalue weighted by molar-refractivity contribution is 5.75. The van der Waals surface area contributed by atoms with E-state index >= 15 is 0 Å². The van der Waals surface area contributed by atoms with Crippen LogP contribution < -0.4 is 5.73 Å². The number of carbonyl (C=O) groups excluding carboxylic acids is 1. The molecule has 1 rings (SSSR count). The highest BCUT2D eigenvalue weighted by atomic mass is 19.4. The van der Waals surface area contributed by atoms with Gasteiger partial charge in [-0.05, 0) is 24.1 Å². The van der Waals surface area contributed by atoms with Crippen molar-refractivity contribution in [1.29, 1.82) is 0 Å². The number of hydrogen-bond acceptors (Lipinski definition) is 3. The smallest absolute Gasteiger partial charge is 0.419 e. The number of methoxy groups -OCH3 is 1. The summed E-state index contributed by atoms with van der Waals surface area (Å²) in [7, 11) is 1.13. The van der Waals surface area contributed by atoms with Crippen LogP contribution in [0.5, 0.6) is 0 Å². The molecule has 2 N–H and O–H groups in total. The minimum atomic E-state index is -4.74. The Morgan fingerprint density at radius 1 is 1.44 bits per heavy atom. The molecule has 0 fully saturated rings. The van der Waals surface area contributed by atoms with Crippen LogP contribution in [0, 0.1) is 5.82 Å². The minimum absolute atomic E-state index is 0.0955. The zero-order valence-corrected chi connectivity index (χ0v) is 9.42. The van der Waals surface area contributed by atoms with Gasteiger partial charge in [0.1, 0.15) is 11.9 Å². The molecule has 0 radical (unpaired) electrons. The number of benzene rings is 1. The quantitative estimate of drug-likeness (QED) is 0.670. The molecule has 0 heterocycles. The molecule has 0 amide bonds. The van der Waals surface area contributed by atoms with Crippen molar-refractivity contribution in [3.05, 3.63) is 35.1 Å². The second kappa shape index (κ2) is 5.34. The third-order valence-corrected chi connectivity index (χ3v) is 2.30. The normalized spacial score (nSPS) is 13.2. The molecule has 3 nitrogen and oxygen atoms in total. The maximum Gasteiger partial charge on any atom is 0.419 e. The molecule has 0 aliphatic carbocycles. The Morgan fingerprint density at radius 3 is 2.50 bits per heavy atom. The molecule has 0 aliphatic rings. The molecule has 100 valence electrons. The molecule has 0 aliphatic heterocycles. The molecule has 1 atom stereocenters. The van der Waals surface area contributed by atoms with Gasteiger partial charge in [-0.2, -0.15) is 13.2 Å². The third-order valence-electron chi connectivity index (χ3n) is 2.30. The molecule has 0 spiro atoms. The average Bonchev–Trinajstić information content (AvgIpc) is 2.26. The van der Waals surface area contributed by atoms with Gasteiger partial charge in [-0.3, -0.25) is 4.79 Å². The second-order valence-electron chi connectivity index (χ2n) is 3.65. The van der Waals surface area contributed by atoms with Crippen molar-refractivity contribution in [2.24, 2.45) is 5.73 Å². The lowest BCUT2D eigenvalue weighted by Crippen LogP contribution is -2.33. The predicted octanol–water partition coefficient (Wildman–Crippen LogP) is 1.89. The van der Waals surface area contributed by atoms with Crippen molar-refractivity contribution in [3.8, 4) is 0 Å². The van der Waals surface area contributed by atoms with Gasteiger partial charge in [-0.25, -0.2) is 4.39 Å². The van der Waals surface area contributed by atoms with Gasteiger partial charge in [0.2, 0.25) is 0 Å². The molecular formula is C11H11F4NO2. The zero-order valence-electron chi connectivity index (χ0n) is 9.42. The van der Waals surface area contributed by atoms with Crippen LogP contribution in [-0.2, 0) is 22.1 Å². The van der Waals surface area contributed by atoms with Crippen molar-refractivity contribution < 1.29 is 27.1 Å². The lowest BCUT2D eigenvalue weighted by Gasteiger charge is -2.11. The number of hydrogen-bond donors (Lipinski definition) is 1. The van der Waals surface area contributed by atoms with E-state index in [0.717, 1.165) is 13.2 Å². The summed E-state index contributed by atoms with van der Waals surface area (Å²) in [6.07, 6.45) is -4.84. The Bertz CT molecular complexity index is 445. The highest BCUT2D eigenvalue weighted by Crippen LogP contribution is 2.31. The predicted molar refractivity (Wildman–Crippen MR) is 55.1 cm³/mol. The molecular weight excluding hydrogens is 254 g/mol. The Hall–Kier alpha value is -1.63. The van der Waals surface area contributed by atoms with Gasteiger partial charge in [-0.1, -0.05) is 6.07 Å². The molecule has 18 heavy (non-hydrogen) atoms. The molecule has 1 aromatic carbocycles. The van der Waals surface area contributed by atoms with Crippen molar-refractivity contribution in [2.45, 2.75) is 18.6 Å². The van der Waals surface area contributed by atoms with Crippen LogP contribution in [-0.4, -0.2) is 19.1 Å². The van der Waals surface area contributed by atoms with E-state index < -0.39 is 29.6 Å². The number of alkyl halides is 3. The van der Waals surface area contributed by atoms with Gasteiger partial charge in [0.15, 0.2) is 0 Å². The van der Waals surface area contributed by atoms with Gasteiger partial charge in [0.05, 0.1) is 12.7 Å². The second-order valence-corrected chi connectivity index (χ2v) is 3.65. The Labute approximate surface area is 101 Å². The summed E-state index contributed by atoms with van der Waals surface area (Å²) in [5, 5.41) is 0. The topological polar surface area (TPSA) is 52.3 Å². The average molecular weight is 265 g/mol. The summed E-state index contributed by atoms with van der Waals surface area (Å²) in [5.74, 6) is -2.10. The Morgan fingerprint density at radius 2 is 2.06 bits per heavy atom. The monoisotopic (exact) mass is 265 g/mol. The van der Waals surface area contributed by atoms with E-state index in [9.17, 15) is 22.4 Å². The number of esters is 1. The summed E-state index contributed by atoms with van der Waals surface area (Å²) in [6.45, 7) is 0. The lowest BCUT2D eigenvalue weighted by molar-refractivity contribution is -0.142. The maximum atomic E-state index is 13.2. The van der Waals surface area contributed by atoms with E-state index in [1.807, 2.05) is 0 Å². The summed E-state index contributed by atoms with van der Waals surface area (Å²) < 4.78 is 54.4. The summed E-state index contributed by atoms with van der Waals surface area (Å²) >= 11 is 0. The van der Waals surface area contributed by atoms with Crippen LogP contribution in [0.25, 0.3) is 0 Å². The van der Waals surface area contributed by atoms with Crippen LogP contribution in [0.3, 0.4) is 0 Å². The van der Waals surface area contributed by atoms with Gasteiger partial charge >= 0.3 is 12.1 Å². The fourth-order valence-electron chi connectivity index (χ4n) is 1.40. The molecule has 0 aromatic heterocycles. The standard InChI is InChI=1S/C11H11F4NO2/c1-18-10(17)9(16)5-6-2-3-7(8(12)4-6)11(13,14)15/h2-4,9H,5,16H2,1H3/t9-/m1/s1. The fourth-order valence-corrected chi connectivity index (χ4v) is 1.40. The van der Waals surface area contributed by atoms with Crippen molar-refractivity contribution >= 4 is 5.97 Å². The van der Waals surface area contributed by atoms with Crippen molar-refractivity contribution in [2.75, 3.05) is 7.11 Å². The number of halogens is 4. The molecule has 7 heteroatoms. The van der Waals surface area contributed by atoms with Gasteiger partial charge in [-0.15, -0.1) is 0 Å². The van der Waals surface area contributed by atoms with E-state index in [1.54, 1.807) is 0 Å². The van der Waals surface area contributed by atoms with Crippen LogP contribution in [0.15, 0.2) is 18.2 Å². The molecule has 0 saturated carbocycles. The summed E-state index contributed by atoms with van der Waals surface area (Å²) in [6, 6.07) is 1.38. The molecule has 0 bridgehead atoms. The highest BCUT2D eigenvalue weighted by Gasteiger charge is 2.34. The van der Waals surface area contributed by atoms with E-state index in [1.165, 1.54) is 0 Å². The van der Waals surface area contributed by atoms with E-state index in [-0.39, 0.29) is 12.0 Å². The van der Waals surface area contributed by atoms with E-state index in [0.29, 0.717) is 12.1 Å². The summed E-state index contributed by atoms with van der Waals surface area (Å²) in [4.78, 5) is 11.0.